The van der Waals surface area contributed by atoms with Crippen LogP contribution >= 0.6 is 11.6 Å². The van der Waals surface area contributed by atoms with E-state index >= 15 is 0 Å². The van der Waals surface area contributed by atoms with Gasteiger partial charge in [0.2, 0.25) is 0 Å². The Morgan fingerprint density at radius 2 is 1.80 bits per heavy atom. The molecule has 2 nitrogen and oxygen atoms in total. The molecule has 0 spiro atoms. The Labute approximate surface area is 92.1 Å². The van der Waals surface area contributed by atoms with E-state index in [1.54, 1.807) is 12.1 Å². The third-order valence-electron chi connectivity index (χ3n) is 2.04. The van der Waals surface area contributed by atoms with Crippen molar-refractivity contribution in [3.63, 3.8) is 0 Å². The second kappa shape index (κ2) is 3.91. The number of halogens is 1. The summed E-state index contributed by atoms with van der Waals surface area (Å²) in [6.45, 7) is 1.86. The standard InChI is InChI=1S/C12H9ClO2/c1-8-6-11(15-12(14)7-8)9-2-4-10(13)5-3-9/h2-7H,1H3. The summed E-state index contributed by atoms with van der Waals surface area (Å²) < 4.78 is 5.09. The highest BCUT2D eigenvalue weighted by molar-refractivity contribution is 6.30. The van der Waals surface area contributed by atoms with Gasteiger partial charge < -0.3 is 4.42 Å². The monoisotopic (exact) mass is 220 g/mol. The fourth-order valence-corrected chi connectivity index (χ4v) is 1.48. The van der Waals surface area contributed by atoms with Crippen LogP contribution < -0.4 is 5.63 Å². The second-order valence-electron chi connectivity index (χ2n) is 3.32. The molecular formula is C12H9ClO2. The van der Waals surface area contributed by atoms with Gasteiger partial charge in [0.15, 0.2) is 0 Å². The summed E-state index contributed by atoms with van der Waals surface area (Å²) in [7, 11) is 0. The third-order valence-corrected chi connectivity index (χ3v) is 2.30. The van der Waals surface area contributed by atoms with E-state index in [4.69, 9.17) is 16.0 Å². The fourth-order valence-electron chi connectivity index (χ4n) is 1.36. The lowest BCUT2D eigenvalue weighted by atomic mass is 10.1. The van der Waals surface area contributed by atoms with E-state index in [2.05, 4.69) is 0 Å². The van der Waals surface area contributed by atoms with Gasteiger partial charge >= 0.3 is 5.63 Å². The molecule has 0 saturated carbocycles. The van der Waals surface area contributed by atoms with Crippen molar-refractivity contribution in [2.45, 2.75) is 6.92 Å². The normalized spacial score (nSPS) is 10.3. The first-order valence-electron chi connectivity index (χ1n) is 4.53. The van der Waals surface area contributed by atoms with E-state index < -0.39 is 0 Å². The number of hydrogen-bond donors (Lipinski definition) is 0. The first-order valence-corrected chi connectivity index (χ1v) is 4.91. The average Bonchev–Trinajstić information content (AvgIpc) is 2.17. The van der Waals surface area contributed by atoms with Crippen molar-refractivity contribution in [3.8, 4) is 11.3 Å². The first-order chi connectivity index (χ1) is 7.15. The second-order valence-corrected chi connectivity index (χ2v) is 3.76. The van der Waals surface area contributed by atoms with Crippen LogP contribution in [-0.2, 0) is 0 Å². The summed E-state index contributed by atoms with van der Waals surface area (Å²) in [6.07, 6.45) is 0. The van der Waals surface area contributed by atoms with Gasteiger partial charge in [0.05, 0.1) is 0 Å². The predicted octanol–water partition coefficient (Wildman–Crippen LogP) is 3.27. The summed E-state index contributed by atoms with van der Waals surface area (Å²) in [6, 6.07) is 10.4. The highest BCUT2D eigenvalue weighted by atomic mass is 35.5. The molecule has 1 heterocycles. The Morgan fingerprint density at radius 3 is 2.40 bits per heavy atom. The SMILES string of the molecule is Cc1cc(-c2ccc(Cl)cc2)oc(=O)c1. The topological polar surface area (TPSA) is 30.2 Å². The van der Waals surface area contributed by atoms with E-state index in [9.17, 15) is 4.79 Å². The van der Waals surface area contributed by atoms with Crippen molar-refractivity contribution in [1.82, 2.24) is 0 Å². The minimum Gasteiger partial charge on any atom is -0.423 e. The molecule has 0 saturated heterocycles. The quantitative estimate of drug-likeness (QED) is 0.739. The van der Waals surface area contributed by atoms with E-state index in [0.717, 1.165) is 11.1 Å². The highest BCUT2D eigenvalue weighted by Crippen LogP contribution is 2.20. The molecule has 1 aromatic carbocycles. The van der Waals surface area contributed by atoms with Crippen molar-refractivity contribution >= 4 is 11.6 Å². The van der Waals surface area contributed by atoms with Crippen LogP contribution in [0.1, 0.15) is 5.56 Å². The van der Waals surface area contributed by atoms with Gasteiger partial charge in [-0.25, -0.2) is 4.79 Å². The zero-order valence-electron chi connectivity index (χ0n) is 8.16. The van der Waals surface area contributed by atoms with Crippen LogP contribution in [0.15, 0.2) is 45.6 Å². The molecule has 0 atom stereocenters. The molecule has 0 radical (unpaired) electrons. The van der Waals surface area contributed by atoms with Gasteiger partial charge in [-0.15, -0.1) is 0 Å². The van der Waals surface area contributed by atoms with Gasteiger partial charge in [0.25, 0.3) is 0 Å². The maximum atomic E-state index is 11.2. The summed E-state index contributed by atoms with van der Waals surface area (Å²) in [5.41, 5.74) is 1.40. The van der Waals surface area contributed by atoms with Crippen molar-refractivity contribution in [2.75, 3.05) is 0 Å². The van der Waals surface area contributed by atoms with Gasteiger partial charge in [-0.3, -0.25) is 0 Å². The van der Waals surface area contributed by atoms with Crippen LogP contribution in [-0.4, -0.2) is 0 Å². The molecule has 2 aromatic rings. The highest BCUT2D eigenvalue weighted by Gasteiger charge is 2.02. The Morgan fingerprint density at radius 1 is 1.13 bits per heavy atom. The van der Waals surface area contributed by atoms with Crippen LogP contribution in [0, 0.1) is 6.92 Å². The number of benzene rings is 1. The fraction of sp³-hybridized carbons (Fsp3) is 0.0833. The van der Waals surface area contributed by atoms with Crippen LogP contribution in [0.5, 0.6) is 0 Å². The van der Waals surface area contributed by atoms with E-state index in [0.29, 0.717) is 10.8 Å². The summed E-state index contributed by atoms with van der Waals surface area (Å²) >= 11 is 5.77. The Hall–Kier alpha value is -1.54. The number of hydrogen-bond acceptors (Lipinski definition) is 2. The molecule has 2 rings (SSSR count). The predicted molar refractivity (Wildman–Crippen MR) is 60.2 cm³/mol. The Kier molecular flexibility index (Phi) is 2.60. The Balaban J connectivity index is 2.54. The number of rotatable bonds is 1. The van der Waals surface area contributed by atoms with Crippen LogP contribution in [0.2, 0.25) is 5.02 Å². The average molecular weight is 221 g/mol. The molecule has 0 N–H and O–H groups in total. The lowest BCUT2D eigenvalue weighted by molar-refractivity contribution is 0.524. The summed E-state index contributed by atoms with van der Waals surface area (Å²) in [5, 5.41) is 0.661. The van der Waals surface area contributed by atoms with Gasteiger partial charge in [-0.05, 0) is 42.8 Å². The molecule has 0 aliphatic carbocycles. The van der Waals surface area contributed by atoms with Crippen molar-refractivity contribution in [1.29, 1.82) is 0 Å². The molecule has 0 fully saturated rings. The van der Waals surface area contributed by atoms with Crippen LogP contribution in [0.25, 0.3) is 11.3 Å². The van der Waals surface area contributed by atoms with Gasteiger partial charge in [0.1, 0.15) is 5.76 Å². The van der Waals surface area contributed by atoms with Gasteiger partial charge in [-0.2, -0.15) is 0 Å². The molecular weight excluding hydrogens is 212 g/mol. The molecule has 0 bridgehead atoms. The van der Waals surface area contributed by atoms with Crippen molar-refractivity contribution < 1.29 is 4.42 Å². The maximum Gasteiger partial charge on any atom is 0.336 e. The molecule has 0 unspecified atom stereocenters. The molecule has 0 aliphatic heterocycles. The number of aryl methyl sites for hydroxylation is 1. The van der Waals surface area contributed by atoms with E-state index in [1.807, 2.05) is 25.1 Å². The maximum absolute atomic E-state index is 11.2. The third kappa shape index (κ3) is 2.28. The van der Waals surface area contributed by atoms with Crippen LogP contribution in [0.4, 0.5) is 0 Å². The minimum atomic E-state index is -0.333. The van der Waals surface area contributed by atoms with Crippen molar-refractivity contribution in [3.05, 3.63) is 57.4 Å². The van der Waals surface area contributed by atoms with Crippen LogP contribution in [0.3, 0.4) is 0 Å². The van der Waals surface area contributed by atoms with E-state index in [-0.39, 0.29) is 5.63 Å². The van der Waals surface area contributed by atoms with E-state index in [1.165, 1.54) is 6.07 Å². The summed E-state index contributed by atoms with van der Waals surface area (Å²) in [4.78, 5) is 11.2. The minimum absolute atomic E-state index is 0.333. The zero-order valence-corrected chi connectivity index (χ0v) is 8.91. The Bertz CT molecular complexity index is 526. The van der Waals surface area contributed by atoms with Gasteiger partial charge in [0, 0.05) is 16.7 Å². The molecule has 15 heavy (non-hydrogen) atoms. The lowest BCUT2D eigenvalue weighted by Crippen LogP contribution is -1.97. The molecule has 1 aromatic heterocycles. The molecule has 0 aliphatic rings. The lowest BCUT2D eigenvalue weighted by Gasteiger charge is -2.00. The largest absolute Gasteiger partial charge is 0.423 e. The zero-order chi connectivity index (χ0) is 10.8. The molecule has 3 heteroatoms. The van der Waals surface area contributed by atoms with Crippen molar-refractivity contribution in [2.24, 2.45) is 0 Å². The smallest absolute Gasteiger partial charge is 0.336 e. The summed E-state index contributed by atoms with van der Waals surface area (Å²) in [5.74, 6) is 0.566. The molecule has 0 amide bonds. The van der Waals surface area contributed by atoms with Gasteiger partial charge in [-0.1, -0.05) is 11.6 Å². The first kappa shape index (κ1) is 9.99. The molecule has 76 valence electrons.